The van der Waals surface area contributed by atoms with Gasteiger partial charge in [0.15, 0.2) is 43.2 Å². The Kier molecular flexibility index (Phi) is 27.6. The van der Waals surface area contributed by atoms with Crippen molar-refractivity contribution in [2.24, 2.45) is 10.3 Å². The van der Waals surface area contributed by atoms with Crippen LogP contribution in [0.15, 0.2) is 94.7 Å². The Hall–Kier alpha value is -9.02. The van der Waals surface area contributed by atoms with Gasteiger partial charge in [-0.3, -0.25) is 24.0 Å². The minimum absolute atomic E-state index is 0.0788. The average molecular weight is 1350 g/mol. The molecule has 1 atom stereocenters. The Morgan fingerprint density at radius 1 is 0.667 bits per heavy atom. The highest BCUT2D eigenvalue weighted by Gasteiger charge is 2.34. The number of nitrogens with one attached hydrogen (secondary N) is 3. The number of hydrogen-bond acceptors (Lipinski definition) is 27. The zero-order valence-electron chi connectivity index (χ0n) is 51.8. The number of sulfonamides is 2. The van der Waals surface area contributed by atoms with Gasteiger partial charge in [-0.1, -0.05) is 63.1 Å². The highest BCUT2D eigenvalue weighted by Crippen LogP contribution is 2.39. The second-order valence-electron chi connectivity index (χ2n) is 21.6. The second kappa shape index (κ2) is 35.1. The van der Waals surface area contributed by atoms with Crippen molar-refractivity contribution in [3.8, 4) is 28.9 Å². The molecule has 33 heteroatoms. The number of Topliss-reactive ketones (excluding diaryl/α,β-unsaturated/α-hetero) is 1. The largest absolute Gasteiger partial charge is 0.470 e. The van der Waals surface area contributed by atoms with Crippen molar-refractivity contribution < 1.29 is 97.8 Å². The number of carbonyl (C=O) groups is 8. The molecule has 5 aromatic rings. The SMILES string of the molecule is CCCCNc1cc(C(=O)OCC(=O)CCC(=O)OCC(=O)N(C[C@@H](COc2nsnc2N2CCOCC2)OC(=O)COC(=O)CNC(=O)COC(=O)c2cc(NCCCC)c(Oc3ccccc3)c(S(N)(=O)=O)c2)C(C)(C)C)cc(S(N)(=O)=O)c1Oc1ccccc1. The van der Waals surface area contributed by atoms with Crippen LogP contribution in [0.5, 0.6) is 28.9 Å². The van der Waals surface area contributed by atoms with E-state index in [4.69, 9.17) is 52.9 Å². The molecule has 1 fully saturated rings. The Labute approximate surface area is 541 Å². The summed E-state index contributed by atoms with van der Waals surface area (Å²) in [6.45, 7) is 6.04. The maximum atomic E-state index is 13.9. The van der Waals surface area contributed by atoms with E-state index < -0.39 is 148 Å². The van der Waals surface area contributed by atoms with Gasteiger partial charge in [0.25, 0.3) is 17.7 Å². The van der Waals surface area contributed by atoms with Gasteiger partial charge in [-0.25, -0.2) is 41.5 Å². The van der Waals surface area contributed by atoms with Gasteiger partial charge in [-0.15, -0.1) is 4.37 Å². The molecular weight excluding hydrogens is 1280 g/mol. The fourth-order valence-corrected chi connectivity index (χ4v) is 10.4. The molecule has 1 aliphatic rings. The van der Waals surface area contributed by atoms with Crippen molar-refractivity contribution in [3.05, 3.63) is 96.1 Å². The molecule has 0 radical (unpaired) electrons. The molecule has 0 saturated carbocycles. The topological polar surface area (TPSA) is 408 Å². The molecule has 504 valence electrons. The number of amides is 2. The number of primary sulfonamides is 2. The van der Waals surface area contributed by atoms with E-state index in [0.29, 0.717) is 58.1 Å². The number of unbranched alkanes of at least 4 members (excludes halogenated alkanes) is 2. The number of nitrogens with two attached hydrogens (primary N) is 2. The zero-order chi connectivity index (χ0) is 67.7. The maximum absolute atomic E-state index is 13.9. The molecule has 93 heavy (non-hydrogen) atoms. The predicted octanol–water partition coefficient (Wildman–Crippen LogP) is 4.86. The third-order valence-corrected chi connectivity index (χ3v) is 15.5. The number of nitrogens with zero attached hydrogens (tertiary/aromatic N) is 4. The van der Waals surface area contributed by atoms with Crippen molar-refractivity contribution >= 4 is 96.4 Å². The van der Waals surface area contributed by atoms with E-state index in [-0.39, 0.29) is 51.4 Å². The summed E-state index contributed by atoms with van der Waals surface area (Å²) in [6, 6.07) is 21.0. The number of aromatic nitrogens is 2. The smallest absolute Gasteiger partial charge is 0.344 e. The van der Waals surface area contributed by atoms with Crippen LogP contribution >= 0.6 is 11.7 Å². The van der Waals surface area contributed by atoms with Gasteiger partial charge < -0.3 is 68.4 Å². The van der Waals surface area contributed by atoms with E-state index in [1.54, 1.807) is 81.4 Å². The van der Waals surface area contributed by atoms with Gasteiger partial charge in [-0.2, -0.15) is 4.37 Å². The van der Waals surface area contributed by atoms with E-state index in [0.717, 1.165) is 36.7 Å². The first-order valence-corrected chi connectivity index (χ1v) is 33.1. The average Bonchev–Trinajstić information content (AvgIpc) is 1.35. The van der Waals surface area contributed by atoms with Crippen molar-refractivity contribution in [1.29, 1.82) is 0 Å². The summed E-state index contributed by atoms with van der Waals surface area (Å²) in [5.41, 5.74) is -1.40. The summed E-state index contributed by atoms with van der Waals surface area (Å²) in [5.74, 6) is -7.25. The quantitative estimate of drug-likeness (QED) is 0.0203. The molecule has 2 heterocycles. The molecule has 0 unspecified atom stereocenters. The predicted molar refractivity (Wildman–Crippen MR) is 335 cm³/mol. The first-order chi connectivity index (χ1) is 44.2. The summed E-state index contributed by atoms with van der Waals surface area (Å²) in [7, 11) is -9.00. The normalized spacial score (nSPS) is 12.7. The zero-order valence-corrected chi connectivity index (χ0v) is 54.3. The molecule has 0 aliphatic carbocycles. The van der Waals surface area contributed by atoms with Gasteiger partial charge in [0, 0.05) is 38.1 Å². The minimum Gasteiger partial charge on any atom is -0.470 e. The van der Waals surface area contributed by atoms with Crippen molar-refractivity contribution in [1.82, 2.24) is 19.0 Å². The molecule has 7 N–H and O–H groups in total. The summed E-state index contributed by atoms with van der Waals surface area (Å²) in [5, 5.41) is 19.4. The number of ether oxygens (including phenoxy) is 9. The highest BCUT2D eigenvalue weighted by molar-refractivity contribution is 7.89. The summed E-state index contributed by atoms with van der Waals surface area (Å²) in [4.78, 5) is 107. The first kappa shape index (κ1) is 73.0. The number of esters is 5. The third kappa shape index (κ3) is 23.6. The molecule has 30 nitrogen and oxygen atoms in total. The van der Waals surface area contributed by atoms with Crippen LogP contribution in [0.2, 0.25) is 0 Å². The van der Waals surface area contributed by atoms with E-state index in [2.05, 4.69) is 24.7 Å². The number of morpholine rings is 1. The molecule has 6 rings (SSSR count). The van der Waals surface area contributed by atoms with Crippen LogP contribution < -0.4 is 45.3 Å². The molecule has 1 aromatic heterocycles. The van der Waals surface area contributed by atoms with Crippen LogP contribution in [0, 0.1) is 0 Å². The third-order valence-electron chi connectivity index (χ3n) is 13.2. The summed E-state index contributed by atoms with van der Waals surface area (Å²) in [6.07, 6.45) is 0.539. The Bertz CT molecular complexity index is 3640. The lowest BCUT2D eigenvalue weighted by molar-refractivity contribution is -0.166. The molecule has 2 amide bonds. The number of anilines is 3. The van der Waals surface area contributed by atoms with E-state index in [1.165, 1.54) is 17.0 Å². The van der Waals surface area contributed by atoms with Crippen LogP contribution in [-0.2, 0) is 77.2 Å². The number of para-hydroxylation sites is 2. The standard InChI is InChI=1S/C60H75N9O21S3/c1-6-8-22-63-45-28-39(30-47(92(61,78)79)54(45)89-42-16-12-10-13-17-42)58(76)86-34-41(70)20-21-51(73)83-37-50(72)69(60(3,4)5)33-44(35-85-57-56(66-91-67-57)68-24-26-82-27-25-68)88-53(75)38-84-52(74)32-65-49(71)36-87-59(77)40-29-46(64-23-9-7-2)55(48(31-40)93(62,80)81)90-43-18-14-11-15-19-43/h10-19,28-31,44,63-64H,6-9,20-27,32-38H2,1-5H3,(H,65,71)(H2,61,78,79)(H2,62,80,81)/t44-/m0/s1. The van der Waals surface area contributed by atoms with Gasteiger partial charge in [0.1, 0.15) is 41.0 Å². The van der Waals surface area contributed by atoms with E-state index in [9.17, 15) is 55.2 Å². The lowest BCUT2D eigenvalue weighted by atomic mass is 10.1. The molecule has 4 aromatic carbocycles. The lowest BCUT2D eigenvalue weighted by Crippen LogP contribution is -2.52. The fourth-order valence-electron chi connectivity index (χ4n) is 8.51. The molecule has 0 bridgehead atoms. The summed E-state index contributed by atoms with van der Waals surface area (Å²) < 4.78 is 109. The van der Waals surface area contributed by atoms with Crippen LogP contribution in [0.3, 0.4) is 0 Å². The van der Waals surface area contributed by atoms with Crippen LogP contribution in [0.1, 0.15) is 93.9 Å². The number of rotatable bonds is 36. The van der Waals surface area contributed by atoms with Gasteiger partial charge in [0.2, 0.25) is 25.9 Å². The number of hydrogen-bond donors (Lipinski definition) is 5. The fraction of sp³-hybridized carbons (Fsp3) is 0.433. The highest BCUT2D eigenvalue weighted by atomic mass is 32.2. The summed E-state index contributed by atoms with van der Waals surface area (Å²) >= 11 is 0.855. The first-order valence-electron chi connectivity index (χ1n) is 29.3. The van der Waals surface area contributed by atoms with Crippen LogP contribution in [-0.4, -0.2) is 175 Å². The van der Waals surface area contributed by atoms with E-state index in [1.807, 2.05) is 18.7 Å². The lowest BCUT2D eigenvalue weighted by Gasteiger charge is -2.37. The van der Waals surface area contributed by atoms with Gasteiger partial charge in [-0.05, 0) is 82.1 Å². The van der Waals surface area contributed by atoms with Crippen molar-refractivity contribution in [3.63, 3.8) is 0 Å². The molecular formula is C60H75N9O21S3. The van der Waals surface area contributed by atoms with E-state index >= 15 is 0 Å². The van der Waals surface area contributed by atoms with Crippen molar-refractivity contribution in [2.75, 3.05) is 101 Å². The number of ketones is 1. The monoisotopic (exact) mass is 1350 g/mol. The Balaban J connectivity index is 1.03. The van der Waals surface area contributed by atoms with Crippen LogP contribution in [0.4, 0.5) is 17.2 Å². The molecule has 1 aliphatic heterocycles. The minimum atomic E-state index is -4.50. The number of benzene rings is 4. The van der Waals surface area contributed by atoms with Crippen LogP contribution in [0.25, 0.3) is 0 Å². The number of carbonyl (C=O) groups excluding carboxylic acids is 8. The Morgan fingerprint density at radius 3 is 1.71 bits per heavy atom. The second-order valence-corrected chi connectivity index (χ2v) is 25.2. The van der Waals surface area contributed by atoms with Gasteiger partial charge in [0.05, 0.1) is 60.4 Å². The maximum Gasteiger partial charge on any atom is 0.344 e. The molecule has 0 spiro atoms. The Morgan fingerprint density at radius 2 is 1.19 bits per heavy atom. The van der Waals surface area contributed by atoms with Crippen molar-refractivity contribution in [2.45, 2.75) is 94.6 Å². The van der Waals surface area contributed by atoms with Gasteiger partial charge >= 0.3 is 29.8 Å². The molecule has 1 saturated heterocycles.